The van der Waals surface area contributed by atoms with Crippen molar-refractivity contribution in [3.8, 4) is 0 Å². The maximum Gasteiger partial charge on any atom is 0.273 e. The molecule has 0 unspecified atom stereocenters. The third-order valence-corrected chi connectivity index (χ3v) is 5.60. The van der Waals surface area contributed by atoms with Crippen molar-refractivity contribution in [2.75, 3.05) is 36.5 Å². The molecule has 5 rings (SSSR count). The number of carbonyl (C=O) groups is 1. The van der Waals surface area contributed by atoms with Gasteiger partial charge in [-0.05, 0) is 37.1 Å². The number of benzene rings is 1. The van der Waals surface area contributed by atoms with Crippen LogP contribution in [0, 0.1) is 0 Å². The Morgan fingerprint density at radius 1 is 1.12 bits per heavy atom. The summed E-state index contributed by atoms with van der Waals surface area (Å²) in [6.45, 7) is 2.90. The first-order chi connectivity index (χ1) is 15.6. The predicted molar refractivity (Wildman–Crippen MR) is 119 cm³/mol. The van der Waals surface area contributed by atoms with Crippen molar-refractivity contribution in [1.29, 1.82) is 0 Å². The van der Waals surface area contributed by atoms with Gasteiger partial charge in [0.05, 0.1) is 25.5 Å². The number of nitrogens with one attached hydrogen (secondary N) is 2. The van der Waals surface area contributed by atoms with Crippen LogP contribution in [0.4, 0.5) is 17.5 Å². The van der Waals surface area contributed by atoms with Gasteiger partial charge in [0.2, 0.25) is 5.95 Å². The molecule has 1 aliphatic heterocycles. The number of hydrogen-bond acceptors (Lipinski definition) is 8. The van der Waals surface area contributed by atoms with E-state index in [4.69, 9.17) is 20.9 Å². The Morgan fingerprint density at radius 3 is 2.66 bits per heavy atom. The lowest BCUT2D eigenvalue weighted by Crippen LogP contribution is -2.37. The van der Waals surface area contributed by atoms with Gasteiger partial charge in [0.1, 0.15) is 11.6 Å². The molecule has 10 heteroatoms. The molecule has 0 radical (unpaired) electrons. The lowest BCUT2D eigenvalue weighted by Gasteiger charge is -2.27. The number of anilines is 3. The lowest BCUT2D eigenvalue weighted by molar-refractivity contribution is 0.0941. The fourth-order valence-electron chi connectivity index (χ4n) is 3.44. The van der Waals surface area contributed by atoms with Crippen molar-refractivity contribution in [3.05, 3.63) is 58.6 Å². The van der Waals surface area contributed by atoms with Gasteiger partial charge in [0, 0.05) is 41.9 Å². The number of amides is 1. The first-order valence-electron chi connectivity index (χ1n) is 10.6. The van der Waals surface area contributed by atoms with E-state index >= 15 is 0 Å². The molecule has 1 saturated carbocycles. The van der Waals surface area contributed by atoms with E-state index in [0.717, 1.165) is 24.3 Å². The van der Waals surface area contributed by atoms with Gasteiger partial charge in [-0.25, -0.2) is 4.98 Å². The first-order valence-corrected chi connectivity index (χ1v) is 11.0. The predicted octanol–water partition coefficient (Wildman–Crippen LogP) is 3.51. The van der Waals surface area contributed by atoms with Crippen molar-refractivity contribution in [2.24, 2.45) is 0 Å². The van der Waals surface area contributed by atoms with E-state index in [9.17, 15) is 4.79 Å². The molecule has 2 fully saturated rings. The van der Waals surface area contributed by atoms with Gasteiger partial charge in [0.15, 0.2) is 5.69 Å². The summed E-state index contributed by atoms with van der Waals surface area (Å²) in [5.41, 5.74) is 1.82. The Kier molecular flexibility index (Phi) is 5.91. The lowest BCUT2D eigenvalue weighted by atomic mass is 10.2. The first kappa shape index (κ1) is 20.7. The molecule has 1 aliphatic carbocycles. The van der Waals surface area contributed by atoms with Gasteiger partial charge in [-0.3, -0.25) is 4.79 Å². The molecule has 2 aromatic heterocycles. The Morgan fingerprint density at radius 2 is 1.91 bits per heavy atom. The normalized spacial score (nSPS) is 16.1. The molecule has 3 heterocycles. The minimum absolute atomic E-state index is 0.236. The number of hydrogen-bond donors (Lipinski definition) is 2. The second kappa shape index (κ2) is 9.13. The molecule has 1 aromatic carbocycles. The molecule has 2 aliphatic rings. The Hall–Kier alpha value is -3.17. The monoisotopic (exact) mass is 454 g/mol. The highest BCUT2D eigenvalue weighted by molar-refractivity contribution is 6.30. The van der Waals surface area contributed by atoms with Gasteiger partial charge >= 0.3 is 0 Å². The smallest absolute Gasteiger partial charge is 0.273 e. The Bertz CT molecular complexity index is 1090. The molecular formula is C22H23ClN6O3. The minimum atomic E-state index is -0.292. The maximum atomic E-state index is 12.5. The van der Waals surface area contributed by atoms with Crippen LogP contribution in [0.3, 0.4) is 0 Å². The quantitative estimate of drug-likeness (QED) is 0.558. The molecule has 9 nitrogen and oxygen atoms in total. The van der Waals surface area contributed by atoms with E-state index in [-0.39, 0.29) is 18.1 Å². The fraction of sp³-hybridized carbons (Fsp3) is 0.364. The summed E-state index contributed by atoms with van der Waals surface area (Å²) in [6.07, 6.45) is 2.18. The fourth-order valence-corrected chi connectivity index (χ4v) is 3.57. The Labute approximate surface area is 190 Å². The van der Waals surface area contributed by atoms with Crippen LogP contribution in [-0.2, 0) is 11.3 Å². The van der Waals surface area contributed by atoms with Crippen LogP contribution >= 0.6 is 11.6 Å². The second-order valence-electron chi connectivity index (χ2n) is 7.85. The molecule has 1 saturated heterocycles. The molecule has 3 aromatic rings. The van der Waals surface area contributed by atoms with Gasteiger partial charge in [0.25, 0.3) is 5.91 Å². The summed E-state index contributed by atoms with van der Waals surface area (Å²) in [4.78, 5) is 23.9. The highest BCUT2D eigenvalue weighted by atomic mass is 35.5. The zero-order valence-electron chi connectivity index (χ0n) is 17.4. The molecule has 166 valence electrons. The summed E-state index contributed by atoms with van der Waals surface area (Å²) >= 11 is 5.99. The number of ether oxygens (including phenoxy) is 1. The maximum absolute atomic E-state index is 12.5. The minimum Gasteiger partial charge on any atom is -0.378 e. The number of nitrogens with zero attached hydrogens (tertiary/aromatic N) is 4. The van der Waals surface area contributed by atoms with Crippen LogP contribution in [0.2, 0.25) is 5.02 Å². The number of halogens is 1. The second-order valence-corrected chi connectivity index (χ2v) is 8.28. The Balaban J connectivity index is 1.33. The molecule has 2 N–H and O–H groups in total. The topological polar surface area (TPSA) is 105 Å². The number of carbonyl (C=O) groups excluding carboxylic acids is 1. The summed E-state index contributed by atoms with van der Waals surface area (Å²) in [5, 5.41) is 10.7. The van der Waals surface area contributed by atoms with Crippen LogP contribution in [0.25, 0.3) is 0 Å². The molecule has 0 bridgehead atoms. The van der Waals surface area contributed by atoms with Crippen LogP contribution in [-0.4, -0.2) is 47.3 Å². The van der Waals surface area contributed by atoms with Gasteiger partial charge in [-0.1, -0.05) is 16.8 Å². The SMILES string of the molecule is O=C(NCc1cc(Nc2ccc(Cl)cc2)nc(N2CCOCC2)n1)c1cc(C2CC2)on1. The molecule has 1 amide bonds. The van der Waals surface area contributed by atoms with E-state index in [1.165, 1.54) is 0 Å². The van der Waals surface area contributed by atoms with Gasteiger partial charge < -0.3 is 24.8 Å². The summed E-state index contributed by atoms with van der Waals surface area (Å²) < 4.78 is 10.7. The standard InChI is InChI=1S/C22H23ClN6O3/c23-15-3-5-16(6-4-15)25-20-11-17(26-22(27-20)29-7-9-31-10-8-29)13-24-21(30)18-12-19(32-28-18)14-1-2-14/h3-6,11-12,14H,1-2,7-10,13H2,(H,24,30)(H,25,26,27). The summed E-state index contributed by atoms with van der Waals surface area (Å²) in [7, 11) is 0. The third-order valence-electron chi connectivity index (χ3n) is 5.35. The molecule has 0 spiro atoms. The molecule has 32 heavy (non-hydrogen) atoms. The van der Waals surface area contributed by atoms with E-state index in [1.54, 1.807) is 6.07 Å². The van der Waals surface area contributed by atoms with Crippen molar-refractivity contribution in [3.63, 3.8) is 0 Å². The van der Waals surface area contributed by atoms with Crippen molar-refractivity contribution in [1.82, 2.24) is 20.4 Å². The van der Waals surface area contributed by atoms with E-state index in [0.29, 0.717) is 54.7 Å². The zero-order chi connectivity index (χ0) is 21.9. The molecule has 0 atom stereocenters. The summed E-state index contributed by atoms with van der Waals surface area (Å²) in [6, 6.07) is 10.9. The van der Waals surface area contributed by atoms with Crippen molar-refractivity contribution < 1.29 is 14.1 Å². The van der Waals surface area contributed by atoms with Gasteiger partial charge in [-0.2, -0.15) is 4.98 Å². The highest BCUT2D eigenvalue weighted by Gasteiger charge is 2.29. The average Bonchev–Trinajstić information content (AvgIpc) is 3.56. The van der Waals surface area contributed by atoms with E-state index in [1.807, 2.05) is 30.3 Å². The molecular weight excluding hydrogens is 432 g/mol. The van der Waals surface area contributed by atoms with Crippen LogP contribution in [0.15, 0.2) is 40.9 Å². The van der Waals surface area contributed by atoms with Gasteiger partial charge in [-0.15, -0.1) is 0 Å². The van der Waals surface area contributed by atoms with Crippen molar-refractivity contribution >= 4 is 35.0 Å². The van der Waals surface area contributed by atoms with E-state index < -0.39 is 0 Å². The largest absolute Gasteiger partial charge is 0.378 e. The third kappa shape index (κ3) is 5.00. The number of morpholine rings is 1. The zero-order valence-corrected chi connectivity index (χ0v) is 18.1. The van der Waals surface area contributed by atoms with Crippen LogP contribution in [0.1, 0.15) is 40.7 Å². The number of aromatic nitrogens is 3. The van der Waals surface area contributed by atoms with Crippen molar-refractivity contribution in [2.45, 2.75) is 25.3 Å². The van der Waals surface area contributed by atoms with Crippen LogP contribution < -0.4 is 15.5 Å². The van der Waals surface area contributed by atoms with Crippen LogP contribution in [0.5, 0.6) is 0 Å². The van der Waals surface area contributed by atoms with E-state index in [2.05, 4.69) is 30.7 Å². The summed E-state index contributed by atoms with van der Waals surface area (Å²) in [5.74, 6) is 2.11. The average molecular weight is 455 g/mol. The number of rotatable bonds is 7. The highest BCUT2D eigenvalue weighted by Crippen LogP contribution is 2.40.